The number of aliphatic imine (C=N–C) groups is 1. The number of halogens is 1. The predicted octanol–water partition coefficient (Wildman–Crippen LogP) is 4.92. The summed E-state index contributed by atoms with van der Waals surface area (Å²) < 4.78 is 13.3. The van der Waals surface area contributed by atoms with Gasteiger partial charge in [-0.05, 0) is 56.0 Å². The van der Waals surface area contributed by atoms with Gasteiger partial charge in [0.05, 0.1) is 11.4 Å². The summed E-state index contributed by atoms with van der Waals surface area (Å²) in [7, 11) is 0. The van der Waals surface area contributed by atoms with Crippen LogP contribution in [0.2, 0.25) is 0 Å². The highest BCUT2D eigenvalue weighted by molar-refractivity contribution is 5.90. The Bertz CT molecular complexity index is 678. The number of benzene rings is 1. The molecule has 1 N–H and O–H groups in total. The molecule has 4 heteroatoms. The maximum absolute atomic E-state index is 13.3. The van der Waals surface area contributed by atoms with Gasteiger partial charge >= 0.3 is 0 Å². The van der Waals surface area contributed by atoms with Crippen molar-refractivity contribution in [2.75, 3.05) is 0 Å². The first-order valence-electron chi connectivity index (χ1n) is 8.33. The fraction of sp³-hybridized carbons (Fsp3) is 0.300. The van der Waals surface area contributed by atoms with Crippen molar-refractivity contribution in [1.82, 2.24) is 10.3 Å². The molecule has 126 valence electrons. The summed E-state index contributed by atoms with van der Waals surface area (Å²) in [4.78, 5) is 8.32. The monoisotopic (exact) mass is 325 g/mol. The highest BCUT2D eigenvalue weighted by atomic mass is 19.1. The zero-order chi connectivity index (χ0) is 17.4. The molecule has 0 aliphatic heterocycles. The molecule has 0 radical (unpaired) electrons. The molecule has 1 heterocycles. The molecule has 1 atom stereocenters. The molecule has 0 spiro atoms. The molecule has 0 amide bonds. The Labute approximate surface area is 143 Å². The third kappa shape index (κ3) is 4.51. The topological polar surface area (TPSA) is 37.3 Å². The lowest BCUT2D eigenvalue weighted by Crippen LogP contribution is -2.27. The maximum atomic E-state index is 13.3. The Hall–Kier alpha value is -2.49. The first kappa shape index (κ1) is 17.9. The molecule has 1 aromatic heterocycles. The third-order valence-electron chi connectivity index (χ3n) is 3.96. The number of hydrogen-bond donors (Lipinski definition) is 1. The molecule has 0 aliphatic rings. The second-order valence-corrected chi connectivity index (χ2v) is 5.66. The zero-order valence-electron chi connectivity index (χ0n) is 14.3. The van der Waals surface area contributed by atoms with Gasteiger partial charge in [-0.15, -0.1) is 0 Å². The van der Waals surface area contributed by atoms with Crippen LogP contribution in [0.25, 0.3) is 11.4 Å². The molecule has 2 aromatic rings. The van der Waals surface area contributed by atoms with Crippen LogP contribution >= 0.6 is 0 Å². The third-order valence-corrected chi connectivity index (χ3v) is 3.96. The largest absolute Gasteiger partial charge is 0.380 e. The molecule has 0 fully saturated rings. The molecule has 2 rings (SSSR count). The van der Waals surface area contributed by atoms with Crippen LogP contribution in [-0.4, -0.2) is 17.7 Å². The summed E-state index contributed by atoms with van der Waals surface area (Å²) in [6.07, 6.45) is 6.68. The van der Waals surface area contributed by atoms with E-state index in [0.29, 0.717) is 6.04 Å². The first-order chi connectivity index (χ1) is 11.7. The molecular weight excluding hydrogens is 301 g/mol. The van der Waals surface area contributed by atoms with E-state index in [9.17, 15) is 4.39 Å². The summed E-state index contributed by atoms with van der Waals surface area (Å²) in [5.41, 5.74) is 3.44. The van der Waals surface area contributed by atoms with E-state index in [1.165, 1.54) is 12.1 Å². The number of hydrogen-bond acceptors (Lipinski definition) is 3. The van der Waals surface area contributed by atoms with Crippen molar-refractivity contribution in [1.29, 1.82) is 0 Å². The zero-order valence-corrected chi connectivity index (χ0v) is 14.3. The molecule has 0 aliphatic carbocycles. The van der Waals surface area contributed by atoms with E-state index in [-0.39, 0.29) is 5.82 Å². The van der Waals surface area contributed by atoms with Gasteiger partial charge in [-0.3, -0.25) is 9.98 Å². The Morgan fingerprint density at radius 2 is 1.79 bits per heavy atom. The molecule has 24 heavy (non-hydrogen) atoms. The van der Waals surface area contributed by atoms with Gasteiger partial charge in [0, 0.05) is 29.6 Å². The normalized spacial score (nSPS) is 13.1. The van der Waals surface area contributed by atoms with Crippen molar-refractivity contribution >= 4 is 18.1 Å². The van der Waals surface area contributed by atoms with Gasteiger partial charge in [0.15, 0.2) is 0 Å². The lowest BCUT2D eigenvalue weighted by Gasteiger charge is -2.22. The molecule has 3 nitrogen and oxygen atoms in total. The fourth-order valence-electron chi connectivity index (χ4n) is 2.66. The number of pyridine rings is 1. The molecule has 0 saturated carbocycles. The van der Waals surface area contributed by atoms with Gasteiger partial charge in [-0.2, -0.15) is 0 Å². The summed E-state index contributed by atoms with van der Waals surface area (Å²) in [6, 6.07) is 10.6. The Morgan fingerprint density at radius 3 is 2.33 bits per heavy atom. The van der Waals surface area contributed by atoms with E-state index in [4.69, 9.17) is 0 Å². The average Bonchev–Trinajstić information content (AvgIpc) is 2.63. The van der Waals surface area contributed by atoms with Crippen LogP contribution in [0.4, 0.5) is 4.39 Å². The van der Waals surface area contributed by atoms with Crippen LogP contribution in [0, 0.1) is 5.82 Å². The smallest absolute Gasteiger partial charge is 0.123 e. The van der Waals surface area contributed by atoms with E-state index in [1.807, 2.05) is 12.1 Å². The standard InChI is InChI=1S/C20H24FN3/c1-4-6-18(5-2)24-20(16-11-13-23-14-12-16)19(22-3)15-7-9-17(21)10-8-15/h7-14,18,24H,3-6H2,1-2H3/b20-19-/t18-/m1/s1. The fourth-order valence-corrected chi connectivity index (χ4v) is 2.66. The van der Waals surface area contributed by atoms with Gasteiger partial charge in [-0.1, -0.05) is 20.3 Å². The van der Waals surface area contributed by atoms with Crippen LogP contribution in [0.15, 0.2) is 53.8 Å². The van der Waals surface area contributed by atoms with Crippen LogP contribution in [0.1, 0.15) is 44.2 Å². The quantitative estimate of drug-likeness (QED) is 0.700. The maximum Gasteiger partial charge on any atom is 0.123 e. The van der Waals surface area contributed by atoms with Gasteiger partial charge in [0.25, 0.3) is 0 Å². The van der Waals surface area contributed by atoms with Crippen molar-refractivity contribution < 1.29 is 4.39 Å². The van der Waals surface area contributed by atoms with Crippen LogP contribution in [0.3, 0.4) is 0 Å². The Morgan fingerprint density at radius 1 is 1.12 bits per heavy atom. The van der Waals surface area contributed by atoms with Gasteiger partial charge < -0.3 is 5.32 Å². The van der Waals surface area contributed by atoms with E-state index in [2.05, 4.69) is 35.9 Å². The highest BCUT2D eigenvalue weighted by Gasteiger charge is 2.14. The minimum atomic E-state index is -0.266. The Balaban J connectivity index is 2.52. The van der Waals surface area contributed by atoms with Crippen LogP contribution in [-0.2, 0) is 0 Å². The van der Waals surface area contributed by atoms with Crippen molar-refractivity contribution in [3.63, 3.8) is 0 Å². The minimum absolute atomic E-state index is 0.266. The minimum Gasteiger partial charge on any atom is -0.380 e. The number of rotatable bonds is 8. The summed E-state index contributed by atoms with van der Waals surface area (Å²) in [5.74, 6) is -0.266. The summed E-state index contributed by atoms with van der Waals surface area (Å²) in [5, 5.41) is 3.61. The Kier molecular flexibility index (Phi) is 6.67. The highest BCUT2D eigenvalue weighted by Crippen LogP contribution is 2.26. The predicted molar refractivity (Wildman–Crippen MR) is 99.1 cm³/mol. The van der Waals surface area contributed by atoms with E-state index in [0.717, 1.165) is 41.8 Å². The second kappa shape index (κ2) is 8.96. The average molecular weight is 325 g/mol. The van der Waals surface area contributed by atoms with Crippen molar-refractivity contribution in [2.45, 2.75) is 39.2 Å². The molecule has 0 saturated heterocycles. The SMILES string of the molecule is C=N/C(=C(\N[C@H](CC)CCC)c1ccncc1)c1ccc(F)cc1. The van der Waals surface area contributed by atoms with Gasteiger partial charge in [0.2, 0.25) is 0 Å². The summed E-state index contributed by atoms with van der Waals surface area (Å²) >= 11 is 0. The van der Waals surface area contributed by atoms with Crippen molar-refractivity contribution in [3.05, 3.63) is 65.7 Å². The van der Waals surface area contributed by atoms with Crippen molar-refractivity contribution in [3.8, 4) is 0 Å². The number of aromatic nitrogens is 1. The van der Waals surface area contributed by atoms with Crippen molar-refractivity contribution in [2.24, 2.45) is 4.99 Å². The van der Waals surface area contributed by atoms with E-state index < -0.39 is 0 Å². The summed E-state index contributed by atoms with van der Waals surface area (Å²) in [6.45, 7) is 8.06. The second-order valence-electron chi connectivity index (χ2n) is 5.66. The molecule has 0 unspecified atom stereocenters. The van der Waals surface area contributed by atoms with Crippen LogP contribution < -0.4 is 5.32 Å². The molecule has 1 aromatic carbocycles. The lowest BCUT2D eigenvalue weighted by atomic mass is 10.0. The van der Waals surface area contributed by atoms with E-state index >= 15 is 0 Å². The first-order valence-corrected chi connectivity index (χ1v) is 8.33. The van der Waals surface area contributed by atoms with E-state index in [1.54, 1.807) is 24.5 Å². The lowest BCUT2D eigenvalue weighted by molar-refractivity contribution is 0.529. The number of nitrogens with zero attached hydrogens (tertiary/aromatic N) is 2. The van der Waals surface area contributed by atoms with Gasteiger partial charge in [0.1, 0.15) is 5.82 Å². The molecular formula is C20H24FN3. The number of nitrogens with one attached hydrogen (secondary N) is 1. The van der Waals surface area contributed by atoms with Crippen LogP contribution in [0.5, 0.6) is 0 Å². The van der Waals surface area contributed by atoms with Gasteiger partial charge in [-0.25, -0.2) is 4.39 Å². The molecule has 0 bridgehead atoms.